The molecule has 0 heterocycles. The quantitative estimate of drug-likeness (QED) is 0.744. The third kappa shape index (κ3) is 2.97. The van der Waals surface area contributed by atoms with Crippen molar-refractivity contribution in [3.05, 3.63) is 28.8 Å². The van der Waals surface area contributed by atoms with Gasteiger partial charge >= 0.3 is 5.97 Å². The van der Waals surface area contributed by atoms with Crippen molar-refractivity contribution in [2.24, 2.45) is 0 Å². The van der Waals surface area contributed by atoms with Crippen LogP contribution in [0, 0.1) is 11.3 Å². The topological polar surface area (TPSA) is 59.3 Å². The molecule has 90 valence electrons. The number of carbonyl (C=O) groups excluding carboxylic acids is 1. The number of benzene rings is 1. The maximum Gasteiger partial charge on any atom is 0.309 e. The highest BCUT2D eigenvalue weighted by atomic mass is 16.5. The molecule has 0 fully saturated rings. The molecule has 0 amide bonds. The van der Waals surface area contributed by atoms with Gasteiger partial charge in [-0.15, -0.1) is 0 Å². The lowest BCUT2D eigenvalue weighted by molar-refractivity contribution is -0.139. The third-order valence-corrected chi connectivity index (χ3v) is 2.59. The number of nitrogens with zero attached hydrogens (tertiary/aromatic N) is 1. The fraction of sp³-hybridized carbons (Fsp3) is 0.385. The van der Waals surface area contributed by atoms with Crippen molar-refractivity contribution >= 4 is 5.97 Å². The summed E-state index contributed by atoms with van der Waals surface area (Å²) < 4.78 is 9.76. The molecule has 0 aliphatic heterocycles. The first kappa shape index (κ1) is 13.0. The zero-order valence-electron chi connectivity index (χ0n) is 10.2. The van der Waals surface area contributed by atoms with Crippen LogP contribution in [0.4, 0.5) is 0 Å². The lowest BCUT2D eigenvalue weighted by atomic mass is 9.99. The largest absolute Gasteiger partial charge is 0.495 e. The van der Waals surface area contributed by atoms with Gasteiger partial charge in [0.25, 0.3) is 0 Å². The highest BCUT2D eigenvalue weighted by Crippen LogP contribution is 2.24. The minimum atomic E-state index is -0.311. The molecule has 0 saturated carbocycles. The van der Waals surface area contributed by atoms with Gasteiger partial charge in [-0.1, -0.05) is 6.92 Å². The number of nitriles is 1. The SMILES string of the molecule is CCc1cc(OC)c(C#N)cc1CC(=O)OC. The van der Waals surface area contributed by atoms with Crippen LogP contribution < -0.4 is 4.74 Å². The normalized spacial score (nSPS) is 9.53. The van der Waals surface area contributed by atoms with E-state index in [4.69, 9.17) is 10.00 Å². The van der Waals surface area contributed by atoms with Crippen molar-refractivity contribution in [3.8, 4) is 11.8 Å². The standard InChI is InChI=1S/C13H15NO3/c1-4-9-6-12(16-2)11(8-14)5-10(9)7-13(15)17-3/h5-6H,4,7H2,1-3H3. The Balaban J connectivity index is 3.20. The molecule has 1 aromatic carbocycles. The summed E-state index contributed by atoms with van der Waals surface area (Å²) in [5.41, 5.74) is 2.24. The average Bonchev–Trinajstić information content (AvgIpc) is 2.37. The Morgan fingerprint density at radius 1 is 1.35 bits per heavy atom. The van der Waals surface area contributed by atoms with E-state index < -0.39 is 0 Å². The molecule has 0 aromatic heterocycles. The predicted molar refractivity (Wildman–Crippen MR) is 62.8 cm³/mol. The minimum absolute atomic E-state index is 0.179. The fourth-order valence-corrected chi connectivity index (χ4v) is 1.64. The number of methoxy groups -OCH3 is 2. The Bertz CT molecular complexity index is 460. The van der Waals surface area contributed by atoms with Gasteiger partial charge in [0.15, 0.2) is 0 Å². The Hall–Kier alpha value is -2.02. The van der Waals surface area contributed by atoms with E-state index in [9.17, 15) is 4.79 Å². The summed E-state index contributed by atoms with van der Waals surface area (Å²) in [5, 5.41) is 8.98. The Morgan fingerprint density at radius 3 is 2.53 bits per heavy atom. The molecule has 1 aromatic rings. The number of hydrogen-bond donors (Lipinski definition) is 0. The highest BCUT2D eigenvalue weighted by molar-refractivity contribution is 5.73. The van der Waals surface area contributed by atoms with E-state index in [0.29, 0.717) is 11.3 Å². The summed E-state index contributed by atoms with van der Waals surface area (Å²) in [6.45, 7) is 1.99. The number of hydrogen-bond acceptors (Lipinski definition) is 4. The summed E-state index contributed by atoms with van der Waals surface area (Å²) in [7, 11) is 2.87. The molecule has 0 spiro atoms. The van der Waals surface area contributed by atoms with Crippen LogP contribution in [0.15, 0.2) is 12.1 Å². The van der Waals surface area contributed by atoms with Crippen molar-refractivity contribution < 1.29 is 14.3 Å². The molecule has 0 aliphatic rings. The van der Waals surface area contributed by atoms with E-state index >= 15 is 0 Å². The first-order valence-electron chi connectivity index (χ1n) is 5.32. The number of ether oxygens (including phenoxy) is 2. The zero-order chi connectivity index (χ0) is 12.8. The summed E-state index contributed by atoms with van der Waals surface area (Å²) in [6, 6.07) is 5.54. The van der Waals surface area contributed by atoms with Gasteiger partial charge in [0.1, 0.15) is 11.8 Å². The van der Waals surface area contributed by atoms with Crippen LogP contribution in [0.3, 0.4) is 0 Å². The lowest BCUT2D eigenvalue weighted by Gasteiger charge is -2.10. The van der Waals surface area contributed by atoms with Crippen LogP contribution in [-0.4, -0.2) is 20.2 Å². The predicted octanol–water partition coefficient (Wildman–Crippen LogP) is 1.84. The maximum absolute atomic E-state index is 11.3. The molecule has 0 aliphatic carbocycles. The van der Waals surface area contributed by atoms with E-state index in [1.165, 1.54) is 14.2 Å². The number of rotatable bonds is 4. The number of esters is 1. The molecular weight excluding hydrogens is 218 g/mol. The van der Waals surface area contributed by atoms with Crippen LogP contribution in [0.5, 0.6) is 5.75 Å². The summed E-state index contributed by atoms with van der Waals surface area (Å²) >= 11 is 0. The second-order valence-corrected chi connectivity index (χ2v) is 3.54. The van der Waals surface area contributed by atoms with Gasteiger partial charge in [-0.2, -0.15) is 5.26 Å². The molecular formula is C13H15NO3. The van der Waals surface area contributed by atoms with Gasteiger partial charge < -0.3 is 9.47 Å². The van der Waals surface area contributed by atoms with Gasteiger partial charge in [0, 0.05) is 0 Å². The molecule has 0 saturated heterocycles. The van der Waals surface area contributed by atoms with Crippen LogP contribution in [0.25, 0.3) is 0 Å². The second-order valence-electron chi connectivity index (χ2n) is 3.54. The monoisotopic (exact) mass is 233 g/mol. The summed E-state index contributed by atoms with van der Waals surface area (Å²) in [5.74, 6) is 0.228. The summed E-state index contributed by atoms with van der Waals surface area (Å²) in [6.07, 6.45) is 0.951. The molecule has 4 heteroatoms. The number of carbonyl (C=O) groups is 1. The first-order chi connectivity index (χ1) is 8.15. The second kappa shape index (κ2) is 5.90. The Morgan fingerprint density at radius 2 is 2.06 bits per heavy atom. The Kier molecular flexibility index (Phi) is 4.53. The van der Waals surface area contributed by atoms with E-state index in [2.05, 4.69) is 10.8 Å². The molecule has 0 radical (unpaired) electrons. The minimum Gasteiger partial charge on any atom is -0.495 e. The molecule has 0 N–H and O–H groups in total. The molecule has 0 bridgehead atoms. The van der Waals surface area contributed by atoms with E-state index in [0.717, 1.165) is 17.5 Å². The maximum atomic E-state index is 11.3. The first-order valence-corrected chi connectivity index (χ1v) is 5.32. The van der Waals surface area contributed by atoms with Gasteiger partial charge in [-0.05, 0) is 29.7 Å². The fourth-order valence-electron chi connectivity index (χ4n) is 1.64. The van der Waals surface area contributed by atoms with Crippen molar-refractivity contribution in [2.75, 3.05) is 14.2 Å². The van der Waals surface area contributed by atoms with Crippen molar-refractivity contribution in [2.45, 2.75) is 19.8 Å². The van der Waals surface area contributed by atoms with Crippen molar-refractivity contribution in [3.63, 3.8) is 0 Å². The Labute approximate surface area is 101 Å². The molecule has 4 nitrogen and oxygen atoms in total. The van der Waals surface area contributed by atoms with Gasteiger partial charge in [0.2, 0.25) is 0 Å². The zero-order valence-corrected chi connectivity index (χ0v) is 10.2. The lowest BCUT2D eigenvalue weighted by Crippen LogP contribution is -2.07. The smallest absolute Gasteiger partial charge is 0.309 e. The molecule has 0 unspecified atom stereocenters. The molecule has 1 rings (SSSR count). The third-order valence-electron chi connectivity index (χ3n) is 2.59. The van der Waals surface area contributed by atoms with Crippen LogP contribution in [-0.2, 0) is 22.4 Å². The van der Waals surface area contributed by atoms with Crippen LogP contribution in [0.1, 0.15) is 23.6 Å². The average molecular weight is 233 g/mol. The van der Waals surface area contributed by atoms with E-state index in [1.807, 2.05) is 6.92 Å². The van der Waals surface area contributed by atoms with Crippen molar-refractivity contribution in [1.82, 2.24) is 0 Å². The van der Waals surface area contributed by atoms with Gasteiger partial charge in [0.05, 0.1) is 26.2 Å². The molecule has 17 heavy (non-hydrogen) atoms. The molecule has 0 atom stereocenters. The van der Waals surface area contributed by atoms with Crippen LogP contribution >= 0.6 is 0 Å². The van der Waals surface area contributed by atoms with Gasteiger partial charge in [-0.3, -0.25) is 4.79 Å². The summed E-state index contributed by atoms with van der Waals surface area (Å²) in [4.78, 5) is 11.3. The van der Waals surface area contributed by atoms with E-state index in [1.54, 1.807) is 12.1 Å². The van der Waals surface area contributed by atoms with Crippen LogP contribution in [0.2, 0.25) is 0 Å². The highest BCUT2D eigenvalue weighted by Gasteiger charge is 2.12. The van der Waals surface area contributed by atoms with Gasteiger partial charge in [-0.25, -0.2) is 0 Å². The van der Waals surface area contributed by atoms with E-state index in [-0.39, 0.29) is 12.4 Å². The number of aryl methyl sites for hydroxylation is 1. The van der Waals surface area contributed by atoms with Crippen molar-refractivity contribution in [1.29, 1.82) is 5.26 Å².